The van der Waals surface area contributed by atoms with Crippen LogP contribution in [0.5, 0.6) is 0 Å². The van der Waals surface area contributed by atoms with Crippen LogP contribution < -0.4 is 11.0 Å². The van der Waals surface area contributed by atoms with E-state index >= 15 is 0 Å². The fourth-order valence-corrected chi connectivity index (χ4v) is 2.28. The summed E-state index contributed by atoms with van der Waals surface area (Å²) in [6, 6.07) is 0. The standard InChI is InChI=1S/C16H21N3O6/c1-5-10-6-19(14-12(21)11(20)9(4)25-14)15(22)17-13(10)18-16(23)24-7-8(2)3/h1,6,8-9,11-12,14,20-21H,7H2,2-4H3,(H,17,18,22,23)/t9-,11?,12?,14-/m1/s1. The first-order valence-electron chi connectivity index (χ1n) is 7.79. The lowest BCUT2D eigenvalue weighted by Crippen LogP contribution is -2.36. The zero-order chi connectivity index (χ0) is 18.7. The van der Waals surface area contributed by atoms with Crippen LogP contribution in [0.15, 0.2) is 11.0 Å². The molecule has 25 heavy (non-hydrogen) atoms. The maximum absolute atomic E-state index is 12.2. The van der Waals surface area contributed by atoms with Crippen molar-refractivity contribution in [3.8, 4) is 12.3 Å². The van der Waals surface area contributed by atoms with Gasteiger partial charge in [-0.25, -0.2) is 9.59 Å². The van der Waals surface area contributed by atoms with Crippen molar-refractivity contribution in [1.82, 2.24) is 9.55 Å². The van der Waals surface area contributed by atoms with Crippen LogP contribution >= 0.6 is 0 Å². The van der Waals surface area contributed by atoms with Crippen molar-refractivity contribution in [2.75, 3.05) is 11.9 Å². The number of hydrogen-bond donors (Lipinski definition) is 3. The fraction of sp³-hybridized carbons (Fsp3) is 0.562. The Morgan fingerprint density at radius 1 is 1.52 bits per heavy atom. The molecule has 1 aliphatic heterocycles. The van der Waals surface area contributed by atoms with Crippen molar-refractivity contribution >= 4 is 11.9 Å². The molecule has 9 nitrogen and oxygen atoms in total. The maximum atomic E-state index is 12.2. The topological polar surface area (TPSA) is 123 Å². The molecule has 4 atom stereocenters. The summed E-state index contributed by atoms with van der Waals surface area (Å²) in [4.78, 5) is 27.7. The number of aliphatic hydroxyl groups is 2. The van der Waals surface area contributed by atoms with E-state index in [1.807, 2.05) is 13.8 Å². The first-order valence-corrected chi connectivity index (χ1v) is 7.79. The molecule has 3 N–H and O–H groups in total. The van der Waals surface area contributed by atoms with Crippen molar-refractivity contribution in [3.63, 3.8) is 0 Å². The fourth-order valence-electron chi connectivity index (χ4n) is 2.28. The second-order valence-electron chi connectivity index (χ2n) is 6.17. The molecule has 136 valence electrons. The Kier molecular flexibility index (Phi) is 5.79. The van der Waals surface area contributed by atoms with E-state index in [0.29, 0.717) is 0 Å². The van der Waals surface area contributed by atoms with Crippen LogP contribution in [0.2, 0.25) is 0 Å². The smallest absolute Gasteiger partial charge is 0.412 e. The molecule has 0 aliphatic carbocycles. The van der Waals surface area contributed by atoms with E-state index in [9.17, 15) is 19.8 Å². The number of rotatable bonds is 4. The molecular formula is C16H21N3O6. The van der Waals surface area contributed by atoms with Crippen molar-refractivity contribution < 1.29 is 24.5 Å². The molecule has 0 bridgehead atoms. The summed E-state index contributed by atoms with van der Waals surface area (Å²) in [7, 11) is 0. The van der Waals surface area contributed by atoms with Gasteiger partial charge in [0.2, 0.25) is 0 Å². The average Bonchev–Trinajstić information content (AvgIpc) is 2.80. The van der Waals surface area contributed by atoms with E-state index < -0.39 is 36.3 Å². The molecule has 9 heteroatoms. The first kappa shape index (κ1) is 18.9. The van der Waals surface area contributed by atoms with Gasteiger partial charge >= 0.3 is 11.8 Å². The molecule has 0 aromatic carbocycles. The summed E-state index contributed by atoms with van der Waals surface area (Å²) in [6.07, 6.45) is 1.61. The highest BCUT2D eigenvalue weighted by molar-refractivity contribution is 5.84. The average molecular weight is 351 g/mol. The minimum Gasteiger partial charge on any atom is -0.449 e. The first-order chi connectivity index (χ1) is 11.7. The highest BCUT2D eigenvalue weighted by Gasteiger charge is 2.42. The van der Waals surface area contributed by atoms with Gasteiger partial charge in [0.25, 0.3) is 0 Å². The van der Waals surface area contributed by atoms with Gasteiger partial charge < -0.3 is 19.7 Å². The Morgan fingerprint density at radius 2 is 2.20 bits per heavy atom. The third-order valence-electron chi connectivity index (χ3n) is 3.63. The third-order valence-corrected chi connectivity index (χ3v) is 3.63. The van der Waals surface area contributed by atoms with Gasteiger partial charge in [-0.15, -0.1) is 6.42 Å². The van der Waals surface area contributed by atoms with Crippen LogP contribution in [0.4, 0.5) is 10.6 Å². The summed E-state index contributed by atoms with van der Waals surface area (Å²) in [5, 5.41) is 22.1. The highest BCUT2D eigenvalue weighted by atomic mass is 16.6. The minimum atomic E-state index is -1.31. The quantitative estimate of drug-likeness (QED) is 0.656. The molecule has 0 radical (unpaired) electrons. The van der Waals surface area contributed by atoms with Crippen molar-refractivity contribution in [1.29, 1.82) is 0 Å². The Morgan fingerprint density at radius 3 is 2.72 bits per heavy atom. The number of aliphatic hydroxyl groups excluding tert-OH is 2. The largest absolute Gasteiger partial charge is 0.449 e. The van der Waals surface area contributed by atoms with Gasteiger partial charge in [0, 0.05) is 6.20 Å². The van der Waals surface area contributed by atoms with Gasteiger partial charge in [-0.2, -0.15) is 4.98 Å². The number of anilines is 1. The highest BCUT2D eigenvalue weighted by Crippen LogP contribution is 2.28. The summed E-state index contributed by atoms with van der Waals surface area (Å²) in [5.41, 5.74) is -0.700. The summed E-state index contributed by atoms with van der Waals surface area (Å²) in [6.45, 7) is 5.52. The lowest BCUT2D eigenvalue weighted by atomic mass is 10.1. The Bertz CT molecular complexity index is 738. The van der Waals surface area contributed by atoms with Crippen molar-refractivity contribution in [3.05, 3.63) is 22.2 Å². The summed E-state index contributed by atoms with van der Waals surface area (Å²) >= 11 is 0. The molecular weight excluding hydrogens is 330 g/mol. The molecule has 1 fully saturated rings. The van der Waals surface area contributed by atoms with E-state index in [-0.39, 0.29) is 23.9 Å². The lowest BCUT2D eigenvalue weighted by molar-refractivity contribution is -0.0350. The molecule has 1 amide bonds. The van der Waals surface area contributed by atoms with Crippen LogP contribution in [-0.4, -0.2) is 50.8 Å². The number of terminal acetylenes is 1. The van der Waals surface area contributed by atoms with Gasteiger partial charge in [0.05, 0.1) is 18.3 Å². The second-order valence-corrected chi connectivity index (χ2v) is 6.17. The lowest BCUT2D eigenvalue weighted by Gasteiger charge is -2.18. The van der Waals surface area contributed by atoms with E-state index in [2.05, 4.69) is 16.2 Å². The van der Waals surface area contributed by atoms with Gasteiger partial charge in [-0.3, -0.25) is 9.88 Å². The molecule has 1 aromatic heterocycles. The van der Waals surface area contributed by atoms with Crippen LogP contribution in [0.1, 0.15) is 32.6 Å². The monoisotopic (exact) mass is 351 g/mol. The molecule has 1 saturated heterocycles. The van der Waals surface area contributed by atoms with Gasteiger partial charge in [0.15, 0.2) is 12.0 Å². The maximum Gasteiger partial charge on any atom is 0.412 e. The summed E-state index contributed by atoms with van der Waals surface area (Å²) < 4.78 is 11.3. The predicted molar refractivity (Wildman–Crippen MR) is 87.8 cm³/mol. The molecule has 1 aliphatic rings. The number of carbonyl (C=O) groups excluding carboxylic acids is 1. The molecule has 1 aromatic rings. The Balaban J connectivity index is 2.26. The Labute approximate surface area is 144 Å². The zero-order valence-corrected chi connectivity index (χ0v) is 14.2. The Hall–Kier alpha value is -2.41. The number of ether oxygens (including phenoxy) is 2. The van der Waals surface area contributed by atoms with E-state index in [1.54, 1.807) is 6.92 Å². The van der Waals surface area contributed by atoms with Gasteiger partial charge in [-0.05, 0) is 12.8 Å². The third kappa shape index (κ3) is 4.17. The van der Waals surface area contributed by atoms with Crippen molar-refractivity contribution in [2.24, 2.45) is 5.92 Å². The second kappa shape index (κ2) is 7.65. The van der Waals surface area contributed by atoms with Crippen LogP contribution in [0, 0.1) is 18.3 Å². The molecule has 0 saturated carbocycles. The SMILES string of the molecule is C#Cc1cn([C@@H]2O[C@H](C)C(O)C2O)c(=O)nc1NC(=O)OCC(C)C. The molecule has 2 heterocycles. The molecule has 0 spiro atoms. The van der Waals surface area contributed by atoms with E-state index in [0.717, 1.165) is 4.57 Å². The van der Waals surface area contributed by atoms with Crippen LogP contribution in [0.25, 0.3) is 0 Å². The number of hydrogen-bond acceptors (Lipinski definition) is 7. The van der Waals surface area contributed by atoms with Gasteiger partial charge in [-0.1, -0.05) is 19.8 Å². The normalized spacial score (nSPS) is 25.6. The summed E-state index contributed by atoms with van der Waals surface area (Å²) in [5.74, 6) is 2.32. The predicted octanol–water partition coefficient (Wildman–Crippen LogP) is 0.0682. The number of carbonyl (C=O) groups is 1. The molecule has 2 rings (SSSR count). The molecule has 2 unspecified atom stereocenters. The zero-order valence-electron chi connectivity index (χ0n) is 14.2. The number of aromatic nitrogens is 2. The minimum absolute atomic E-state index is 0.103. The van der Waals surface area contributed by atoms with Crippen molar-refractivity contribution in [2.45, 2.75) is 45.3 Å². The number of nitrogens with zero attached hydrogens (tertiary/aromatic N) is 2. The van der Waals surface area contributed by atoms with Crippen LogP contribution in [0.3, 0.4) is 0 Å². The number of nitrogens with one attached hydrogen (secondary N) is 1. The van der Waals surface area contributed by atoms with E-state index in [1.165, 1.54) is 6.20 Å². The van der Waals surface area contributed by atoms with Gasteiger partial charge in [0.1, 0.15) is 12.2 Å². The van der Waals surface area contributed by atoms with Crippen LogP contribution in [-0.2, 0) is 9.47 Å². The van der Waals surface area contributed by atoms with E-state index in [4.69, 9.17) is 15.9 Å². The number of amides is 1.